The van der Waals surface area contributed by atoms with Crippen LogP contribution in [0.15, 0.2) is 30.3 Å². The van der Waals surface area contributed by atoms with Crippen molar-refractivity contribution in [3.05, 3.63) is 30.3 Å². The third-order valence-electron chi connectivity index (χ3n) is 3.93. The molecule has 19 heavy (non-hydrogen) atoms. The fourth-order valence-electron chi connectivity index (χ4n) is 2.27. The summed E-state index contributed by atoms with van der Waals surface area (Å²) in [6, 6.07) is 9.98. The summed E-state index contributed by atoms with van der Waals surface area (Å²) in [6.45, 7) is 10.2. The molecule has 0 radical (unpaired) electrons. The molecule has 0 bridgehead atoms. The molecule has 0 heterocycles. The zero-order chi connectivity index (χ0) is 14.1. The van der Waals surface area contributed by atoms with E-state index in [0.29, 0.717) is 6.54 Å². The maximum absolute atomic E-state index is 5.92. The van der Waals surface area contributed by atoms with Gasteiger partial charge < -0.3 is 10.5 Å². The quantitative estimate of drug-likeness (QED) is 0.697. The van der Waals surface area contributed by atoms with Gasteiger partial charge in [0.15, 0.2) is 0 Å². The van der Waals surface area contributed by atoms with Gasteiger partial charge in [-0.25, -0.2) is 0 Å². The average Bonchev–Trinajstić information content (AvgIpc) is 2.47. The van der Waals surface area contributed by atoms with Crippen LogP contribution in [0.2, 0.25) is 0 Å². The summed E-state index contributed by atoms with van der Waals surface area (Å²) in [7, 11) is 0. The van der Waals surface area contributed by atoms with Crippen molar-refractivity contribution in [2.75, 3.05) is 26.2 Å². The van der Waals surface area contributed by atoms with Crippen molar-refractivity contribution in [2.45, 2.75) is 39.2 Å². The molecule has 1 aromatic rings. The van der Waals surface area contributed by atoms with Gasteiger partial charge in [0.2, 0.25) is 0 Å². The molecule has 0 spiro atoms. The molecule has 3 nitrogen and oxygen atoms in total. The molecule has 0 saturated heterocycles. The summed E-state index contributed by atoms with van der Waals surface area (Å²) >= 11 is 0. The Morgan fingerprint density at radius 2 is 1.89 bits per heavy atom. The van der Waals surface area contributed by atoms with E-state index in [4.69, 9.17) is 10.5 Å². The zero-order valence-corrected chi connectivity index (χ0v) is 12.6. The van der Waals surface area contributed by atoms with Crippen LogP contribution >= 0.6 is 0 Å². The Balaban J connectivity index is 2.34. The van der Waals surface area contributed by atoms with Gasteiger partial charge in [0.1, 0.15) is 5.75 Å². The molecule has 1 rings (SSSR count). The van der Waals surface area contributed by atoms with Gasteiger partial charge in [-0.1, -0.05) is 32.0 Å². The van der Waals surface area contributed by atoms with E-state index in [0.717, 1.165) is 38.3 Å². The van der Waals surface area contributed by atoms with E-state index in [1.54, 1.807) is 0 Å². The molecule has 0 aromatic heterocycles. The number of rotatable bonds is 9. The number of ether oxygens (including phenoxy) is 1. The Labute approximate surface area is 117 Å². The molecule has 0 aliphatic carbocycles. The third kappa shape index (κ3) is 4.84. The van der Waals surface area contributed by atoms with Gasteiger partial charge in [0.05, 0.1) is 6.61 Å². The lowest BCUT2D eigenvalue weighted by Gasteiger charge is -2.39. The zero-order valence-electron chi connectivity index (χ0n) is 12.6. The maximum Gasteiger partial charge on any atom is 0.119 e. The largest absolute Gasteiger partial charge is 0.494 e. The molecule has 1 aromatic carbocycles. The van der Waals surface area contributed by atoms with Gasteiger partial charge in [-0.15, -0.1) is 0 Å². The summed E-state index contributed by atoms with van der Waals surface area (Å²) in [5.41, 5.74) is 6.03. The SMILES string of the molecule is CCN(CCCOc1ccccc1)C(C)(CC)CN. The van der Waals surface area contributed by atoms with Gasteiger partial charge in [0, 0.05) is 18.6 Å². The number of para-hydroxylation sites is 1. The van der Waals surface area contributed by atoms with E-state index >= 15 is 0 Å². The summed E-state index contributed by atoms with van der Waals surface area (Å²) < 4.78 is 5.72. The molecule has 0 aliphatic heterocycles. The van der Waals surface area contributed by atoms with E-state index < -0.39 is 0 Å². The Morgan fingerprint density at radius 3 is 2.42 bits per heavy atom. The fraction of sp³-hybridized carbons (Fsp3) is 0.625. The number of benzene rings is 1. The van der Waals surface area contributed by atoms with Crippen molar-refractivity contribution in [1.82, 2.24) is 4.90 Å². The van der Waals surface area contributed by atoms with Crippen molar-refractivity contribution in [3.63, 3.8) is 0 Å². The van der Waals surface area contributed by atoms with Crippen molar-refractivity contribution in [3.8, 4) is 5.75 Å². The lowest BCUT2D eigenvalue weighted by atomic mass is 9.96. The maximum atomic E-state index is 5.92. The van der Waals surface area contributed by atoms with E-state index in [-0.39, 0.29) is 5.54 Å². The normalized spacial score (nSPS) is 14.4. The Morgan fingerprint density at radius 1 is 1.21 bits per heavy atom. The van der Waals surface area contributed by atoms with Crippen molar-refractivity contribution in [2.24, 2.45) is 5.73 Å². The van der Waals surface area contributed by atoms with Gasteiger partial charge in [0.25, 0.3) is 0 Å². The third-order valence-corrected chi connectivity index (χ3v) is 3.93. The minimum atomic E-state index is 0.113. The summed E-state index contributed by atoms with van der Waals surface area (Å²) in [5.74, 6) is 0.947. The minimum absolute atomic E-state index is 0.113. The molecule has 1 unspecified atom stereocenters. The van der Waals surface area contributed by atoms with Crippen molar-refractivity contribution < 1.29 is 4.74 Å². The molecular formula is C16H28N2O. The fourth-order valence-corrected chi connectivity index (χ4v) is 2.27. The Hall–Kier alpha value is -1.06. The number of nitrogens with two attached hydrogens (primary N) is 1. The van der Waals surface area contributed by atoms with Gasteiger partial charge in [-0.2, -0.15) is 0 Å². The van der Waals surface area contributed by atoms with Crippen LogP contribution in [0.25, 0.3) is 0 Å². The first-order valence-corrected chi connectivity index (χ1v) is 7.29. The van der Waals surface area contributed by atoms with Crippen LogP contribution in [0.5, 0.6) is 5.75 Å². The highest BCUT2D eigenvalue weighted by atomic mass is 16.5. The summed E-state index contributed by atoms with van der Waals surface area (Å²) in [4.78, 5) is 2.46. The predicted molar refractivity (Wildman–Crippen MR) is 81.6 cm³/mol. The second-order valence-electron chi connectivity index (χ2n) is 5.15. The smallest absolute Gasteiger partial charge is 0.119 e. The van der Waals surface area contributed by atoms with Crippen LogP contribution in [0.4, 0.5) is 0 Å². The molecule has 2 N–H and O–H groups in total. The van der Waals surface area contributed by atoms with Crippen LogP contribution in [0, 0.1) is 0 Å². The van der Waals surface area contributed by atoms with Gasteiger partial charge >= 0.3 is 0 Å². The topological polar surface area (TPSA) is 38.5 Å². The van der Waals surface area contributed by atoms with Gasteiger partial charge in [-0.3, -0.25) is 4.90 Å². The highest BCUT2D eigenvalue weighted by molar-refractivity contribution is 5.20. The van der Waals surface area contributed by atoms with Crippen LogP contribution in [0.1, 0.15) is 33.6 Å². The Bertz CT molecular complexity index is 336. The molecule has 0 aliphatic rings. The molecular weight excluding hydrogens is 236 g/mol. The van der Waals surface area contributed by atoms with Gasteiger partial charge in [-0.05, 0) is 38.4 Å². The lowest BCUT2D eigenvalue weighted by molar-refractivity contribution is 0.104. The first-order chi connectivity index (χ1) is 9.16. The number of nitrogens with zero attached hydrogens (tertiary/aromatic N) is 1. The van der Waals surface area contributed by atoms with Crippen LogP contribution in [0.3, 0.4) is 0 Å². The standard InChI is InChI=1S/C16H28N2O/c1-4-16(3,14-17)18(5-2)12-9-13-19-15-10-7-6-8-11-15/h6-8,10-11H,4-5,9,12-14,17H2,1-3H3. The Kier molecular flexibility index (Phi) is 6.89. The van der Waals surface area contributed by atoms with Crippen molar-refractivity contribution in [1.29, 1.82) is 0 Å². The van der Waals surface area contributed by atoms with Crippen LogP contribution in [-0.2, 0) is 0 Å². The molecule has 0 amide bonds. The second-order valence-corrected chi connectivity index (χ2v) is 5.15. The highest BCUT2D eigenvalue weighted by Crippen LogP contribution is 2.18. The molecule has 0 saturated carbocycles. The van der Waals surface area contributed by atoms with E-state index in [9.17, 15) is 0 Å². The van der Waals surface area contributed by atoms with E-state index in [2.05, 4.69) is 25.7 Å². The molecule has 1 atom stereocenters. The first kappa shape index (κ1) is 16.0. The van der Waals surface area contributed by atoms with E-state index in [1.807, 2.05) is 30.3 Å². The predicted octanol–water partition coefficient (Wildman–Crippen LogP) is 2.90. The lowest BCUT2D eigenvalue weighted by Crippen LogP contribution is -2.51. The first-order valence-electron chi connectivity index (χ1n) is 7.29. The second kappa shape index (κ2) is 8.18. The highest BCUT2D eigenvalue weighted by Gasteiger charge is 2.26. The summed E-state index contributed by atoms with van der Waals surface area (Å²) in [6.07, 6.45) is 2.11. The number of hydrogen-bond donors (Lipinski definition) is 1. The molecule has 0 fully saturated rings. The minimum Gasteiger partial charge on any atom is -0.494 e. The van der Waals surface area contributed by atoms with Crippen molar-refractivity contribution >= 4 is 0 Å². The van der Waals surface area contributed by atoms with E-state index in [1.165, 1.54) is 0 Å². The number of likely N-dealkylation sites (N-methyl/N-ethyl adjacent to an activating group) is 1. The summed E-state index contributed by atoms with van der Waals surface area (Å²) in [5, 5.41) is 0. The molecule has 108 valence electrons. The molecule has 3 heteroatoms. The monoisotopic (exact) mass is 264 g/mol. The average molecular weight is 264 g/mol. The van der Waals surface area contributed by atoms with Crippen LogP contribution < -0.4 is 10.5 Å². The number of hydrogen-bond acceptors (Lipinski definition) is 3. The van der Waals surface area contributed by atoms with Crippen LogP contribution in [-0.4, -0.2) is 36.7 Å².